The van der Waals surface area contributed by atoms with Gasteiger partial charge in [-0.05, 0) is 0 Å². The van der Waals surface area contributed by atoms with Gasteiger partial charge in [0.1, 0.15) is 41.5 Å². The highest BCUT2D eigenvalue weighted by Crippen LogP contribution is 2.53. The number of nitrogen functional groups attached to an aromatic ring is 1. The molecule has 4 N–H and O–H groups in total. The number of fused-ring (bicyclic) bond motifs is 1. The minimum absolute atomic E-state index is 0.0501. The lowest BCUT2D eigenvalue weighted by Crippen LogP contribution is -2.73. The number of carbonyl (C=O) groups excluding carboxylic acids is 3. The fraction of sp³-hybridized carbons (Fsp3) is 0.375. The van der Waals surface area contributed by atoms with Crippen LogP contribution in [0.3, 0.4) is 0 Å². The molecular weight excluding hydrogens is 438 g/mol. The van der Waals surface area contributed by atoms with Gasteiger partial charge in [-0.3, -0.25) is 19.2 Å². The Morgan fingerprint density at radius 2 is 2.23 bits per heavy atom. The van der Waals surface area contributed by atoms with Gasteiger partial charge in [-0.25, -0.2) is 4.98 Å². The van der Waals surface area contributed by atoms with Gasteiger partial charge in [-0.1, -0.05) is 5.16 Å². The molecule has 2 aliphatic rings. The Hall–Kier alpha value is -3.13. The van der Waals surface area contributed by atoms with Crippen LogP contribution in [0.2, 0.25) is 0 Å². The van der Waals surface area contributed by atoms with Crippen LogP contribution in [0.4, 0.5) is 5.82 Å². The third kappa shape index (κ3) is 3.59. The van der Waals surface area contributed by atoms with Crippen LogP contribution in [0.5, 0.6) is 0 Å². The number of ether oxygens (including phenoxy) is 1. The number of aliphatic carboxylic acids is 1. The number of oxime groups is 1. The molecule has 160 valence electrons. The topological polar surface area (TPSA) is 174 Å². The molecule has 3 rings (SSSR count). The molecular formula is C16H17N5O7S2. The van der Waals surface area contributed by atoms with Crippen molar-refractivity contribution in [3.05, 3.63) is 22.2 Å². The lowest BCUT2D eigenvalue weighted by Gasteiger charge is -2.53. The minimum Gasteiger partial charge on any atom is -0.480 e. The number of hydrogen-bond donors (Lipinski definition) is 3. The summed E-state index contributed by atoms with van der Waals surface area (Å²) < 4.78 is 4.99. The summed E-state index contributed by atoms with van der Waals surface area (Å²) in [6.07, 6.45) is 2.28. The Labute approximate surface area is 178 Å². The van der Waals surface area contributed by atoms with Crippen LogP contribution in [0.15, 0.2) is 22.3 Å². The number of amides is 2. The normalized spacial score (nSPS) is 25.2. The van der Waals surface area contributed by atoms with E-state index in [1.54, 1.807) is 0 Å². The summed E-state index contributed by atoms with van der Waals surface area (Å²) in [7, 11) is 1.27. The molecule has 3 heterocycles. The first-order valence-electron chi connectivity index (χ1n) is 8.35. The van der Waals surface area contributed by atoms with E-state index in [1.807, 2.05) is 0 Å². The van der Waals surface area contributed by atoms with Crippen LogP contribution >= 0.6 is 23.1 Å². The van der Waals surface area contributed by atoms with Crippen molar-refractivity contribution < 1.29 is 33.9 Å². The number of hydrogen-bond acceptors (Lipinski definition) is 11. The van der Waals surface area contributed by atoms with Gasteiger partial charge in [0.25, 0.3) is 11.8 Å². The molecule has 1 aromatic rings. The zero-order chi connectivity index (χ0) is 22.1. The average Bonchev–Trinajstić information content (AvgIpc) is 3.11. The summed E-state index contributed by atoms with van der Waals surface area (Å²) in [5.41, 5.74) is 4.07. The van der Waals surface area contributed by atoms with Gasteiger partial charge in [0.05, 0.1) is 0 Å². The number of aromatic nitrogens is 1. The van der Waals surface area contributed by atoms with E-state index >= 15 is 0 Å². The van der Waals surface area contributed by atoms with Crippen molar-refractivity contribution in [2.75, 3.05) is 19.5 Å². The number of nitrogens with one attached hydrogen (secondary N) is 1. The van der Waals surface area contributed by atoms with E-state index < -0.39 is 39.9 Å². The van der Waals surface area contributed by atoms with Gasteiger partial charge in [-0.15, -0.1) is 23.1 Å². The number of β-lactam (4-membered cyclic amide) rings is 1. The Bertz CT molecular complexity index is 962. The summed E-state index contributed by atoms with van der Waals surface area (Å²) in [5.74, 6) is -3.15. The van der Waals surface area contributed by atoms with Gasteiger partial charge < -0.3 is 30.6 Å². The minimum atomic E-state index is -1.94. The largest absolute Gasteiger partial charge is 0.480 e. The van der Waals surface area contributed by atoms with Crippen molar-refractivity contribution in [1.82, 2.24) is 15.2 Å². The molecule has 1 aromatic heterocycles. The third-order valence-electron chi connectivity index (χ3n) is 4.29. The van der Waals surface area contributed by atoms with Gasteiger partial charge in [-0.2, -0.15) is 0 Å². The maximum absolute atomic E-state index is 12.9. The molecule has 2 unspecified atom stereocenters. The zero-order valence-corrected chi connectivity index (χ0v) is 17.4. The second-order valence-electron chi connectivity index (χ2n) is 6.18. The van der Waals surface area contributed by atoms with Gasteiger partial charge in [0, 0.05) is 24.1 Å². The lowest BCUT2D eigenvalue weighted by atomic mass is 9.78. The van der Waals surface area contributed by atoms with Crippen LogP contribution in [0.25, 0.3) is 0 Å². The van der Waals surface area contributed by atoms with Crippen LogP contribution in [-0.2, 0) is 34.2 Å². The Morgan fingerprint density at radius 1 is 1.50 bits per heavy atom. The predicted octanol–water partition coefficient (Wildman–Crippen LogP) is -0.516. The molecule has 30 heavy (non-hydrogen) atoms. The number of thioether (sulfide) groups is 1. The SMILES string of the molecule is CON=CC(=O)NC1S[C@@H]2N(C=C1COC(C)=O)C(=O)C2(C(=O)O)c1nc(N)cs1. The first kappa shape index (κ1) is 21.6. The van der Waals surface area contributed by atoms with Crippen LogP contribution < -0.4 is 11.1 Å². The monoisotopic (exact) mass is 455 g/mol. The molecule has 2 amide bonds. The van der Waals surface area contributed by atoms with E-state index in [0.29, 0.717) is 5.57 Å². The molecule has 12 nitrogen and oxygen atoms in total. The quantitative estimate of drug-likeness (QED) is 0.160. The smallest absolute Gasteiger partial charge is 0.329 e. The highest BCUT2D eigenvalue weighted by Gasteiger charge is 2.70. The maximum atomic E-state index is 12.9. The summed E-state index contributed by atoms with van der Waals surface area (Å²) >= 11 is 1.97. The number of anilines is 1. The highest BCUT2D eigenvalue weighted by atomic mass is 32.2. The van der Waals surface area contributed by atoms with E-state index in [1.165, 1.54) is 30.5 Å². The second kappa shape index (κ2) is 8.31. The van der Waals surface area contributed by atoms with E-state index in [-0.39, 0.29) is 17.4 Å². The van der Waals surface area contributed by atoms with Crippen LogP contribution in [0, 0.1) is 0 Å². The summed E-state index contributed by atoms with van der Waals surface area (Å²) in [6, 6.07) is 0. The number of thiazole rings is 1. The fourth-order valence-corrected chi connectivity index (χ4v) is 5.50. The molecule has 0 saturated carbocycles. The van der Waals surface area contributed by atoms with Crippen LogP contribution in [0.1, 0.15) is 11.9 Å². The van der Waals surface area contributed by atoms with Gasteiger partial charge in [0.15, 0.2) is 0 Å². The molecule has 1 saturated heterocycles. The number of nitrogens with zero attached hydrogens (tertiary/aromatic N) is 3. The van der Waals surface area contributed by atoms with E-state index in [2.05, 4.69) is 20.3 Å². The molecule has 14 heteroatoms. The van der Waals surface area contributed by atoms with Crippen molar-refractivity contribution in [2.24, 2.45) is 5.16 Å². The second-order valence-corrected chi connectivity index (χ2v) is 8.23. The van der Waals surface area contributed by atoms with Crippen molar-refractivity contribution in [3.8, 4) is 0 Å². The van der Waals surface area contributed by atoms with E-state index in [4.69, 9.17) is 10.5 Å². The van der Waals surface area contributed by atoms with Crippen molar-refractivity contribution in [3.63, 3.8) is 0 Å². The van der Waals surface area contributed by atoms with E-state index in [0.717, 1.165) is 29.3 Å². The standard InChI is InChI=1S/C16H17N5O7S2/c1-7(22)28-5-8-4-21-13(24)16(15(25)26,12-19-9(17)6-29-12)14(21)30-11(8)20-10(23)3-18-27-2/h3-4,6,11,14H,5,17H2,1-2H3,(H,20,23)(H,25,26)/t11?,14-,16?/m0/s1. The number of rotatable bonds is 7. The number of carboxylic acid groups (broad SMARTS) is 1. The number of esters is 1. The number of carbonyl (C=O) groups is 4. The summed E-state index contributed by atoms with van der Waals surface area (Å²) in [5, 5.41) is 15.7. The maximum Gasteiger partial charge on any atom is 0.329 e. The number of carboxylic acids is 1. The molecule has 0 bridgehead atoms. The molecule has 0 aromatic carbocycles. The lowest BCUT2D eigenvalue weighted by molar-refractivity contribution is -0.165. The predicted molar refractivity (Wildman–Crippen MR) is 106 cm³/mol. The molecule has 0 aliphatic carbocycles. The Morgan fingerprint density at radius 3 is 2.80 bits per heavy atom. The van der Waals surface area contributed by atoms with Crippen molar-refractivity contribution >= 4 is 58.9 Å². The molecule has 3 atom stereocenters. The Kier molecular flexibility index (Phi) is 5.98. The van der Waals surface area contributed by atoms with Gasteiger partial charge >= 0.3 is 11.9 Å². The third-order valence-corrected chi connectivity index (χ3v) is 6.82. The van der Waals surface area contributed by atoms with Crippen molar-refractivity contribution in [2.45, 2.75) is 23.1 Å². The van der Waals surface area contributed by atoms with E-state index in [9.17, 15) is 24.3 Å². The molecule has 2 aliphatic heterocycles. The first-order chi connectivity index (χ1) is 14.2. The zero-order valence-electron chi connectivity index (χ0n) is 15.7. The Balaban J connectivity index is 1.96. The summed E-state index contributed by atoms with van der Waals surface area (Å²) in [4.78, 5) is 58.1. The molecule has 0 radical (unpaired) electrons. The van der Waals surface area contributed by atoms with Crippen molar-refractivity contribution in [1.29, 1.82) is 0 Å². The first-order valence-corrected chi connectivity index (χ1v) is 10.2. The molecule has 0 spiro atoms. The average molecular weight is 455 g/mol. The van der Waals surface area contributed by atoms with Gasteiger partial charge in [0.2, 0.25) is 5.41 Å². The number of nitrogens with two attached hydrogens (primary N) is 1. The fourth-order valence-electron chi connectivity index (χ4n) is 2.96. The molecule has 1 fully saturated rings. The summed E-state index contributed by atoms with van der Waals surface area (Å²) in [6.45, 7) is 1.02. The highest BCUT2D eigenvalue weighted by molar-refractivity contribution is 8.01. The van der Waals surface area contributed by atoms with Crippen LogP contribution in [-0.4, -0.2) is 69.4 Å².